The fraction of sp³-hybridized carbons (Fsp3) is 0.889. The third kappa shape index (κ3) is 11.9. The van der Waals surface area contributed by atoms with Crippen LogP contribution in [0.2, 0.25) is 0 Å². The van der Waals surface area contributed by atoms with E-state index >= 15 is 0 Å². The van der Waals surface area contributed by atoms with E-state index in [1.807, 2.05) is 0 Å². The summed E-state index contributed by atoms with van der Waals surface area (Å²) in [5.41, 5.74) is 0. The van der Waals surface area contributed by atoms with Gasteiger partial charge in [0.2, 0.25) is 0 Å². The standard InChI is InChI=1S/C9H18O4S/c1-9(10)14-8-7-13-6-5-12-4-3-11-2/h3-8H2,1-2H3. The van der Waals surface area contributed by atoms with Crippen LogP contribution in [0.3, 0.4) is 0 Å². The summed E-state index contributed by atoms with van der Waals surface area (Å²) >= 11 is 1.28. The number of rotatable bonds is 9. The van der Waals surface area contributed by atoms with Gasteiger partial charge in [0, 0.05) is 19.8 Å². The fourth-order valence-corrected chi connectivity index (χ4v) is 1.20. The van der Waals surface area contributed by atoms with Crippen molar-refractivity contribution in [3.8, 4) is 0 Å². The van der Waals surface area contributed by atoms with Gasteiger partial charge in [-0.05, 0) is 0 Å². The van der Waals surface area contributed by atoms with Crippen molar-refractivity contribution in [1.29, 1.82) is 0 Å². The minimum absolute atomic E-state index is 0.130. The summed E-state index contributed by atoms with van der Waals surface area (Å²) in [5.74, 6) is 0.716. The lowest BCUT2D eigenvalue weighted by Gasteiger charge is -2.04. The van der Waals surface area contributed by atoms with Crippen molar-refractivity contribution in [2.75, 3.05) is 45.9 Å². The van der Waals surface area contributed by atoms with Gasteiger partial charge < -0.3 is 14.2 Å². The van der Waals surface area contributed by atoms with Crippen LogP contribution in [0, 0.1) is 0 Å². The maximum atomic E-state index is 10.5. The molecule has 0 amide bonds. The summed E-state index contributed by atoms with van der Waals surface area (Å²) in [4.78, 5) is 10.5. The van der Waals surface area contributed by atoms with Gasteiger partial charge >= 0.3 is 0 Å². The van der Waals surface area contributed by atoms with E-state index in [1.54, 1.807) is 14.0 Å². The molecule has 0 aliphatic heterocycles. The number of methoxy groups -OCH3 is 1. The molecule has 0 bridgehead atoms. The van der Waals surface area contributed by atoms with Crippen LogP contribution in [-0.4, -0.2) is 51.0 Å². The summed E-state index contributed by atoms with van der Waals surface area (Å²) in [5, 5.41) is 0.130. The lowest BCUT2D eigenvalue weighted by atomic mass is 10.7. The Kier molecular flexibility index (Phi) is 10.9. The highest BCUT2D eigenvalue weighted by atomic mass is 32.2. The zero-order chi connectivity index (χ0) is 10.6. The van der Waals surface area contributed by atoms with E-state index in [2.05, 4.69) is 0 Å². The average molecular weight is 222 g/mol. The molecule has 0 aliphatic rings. The van der Waals surface area contributed by atoms with Crippen molar-refractivity contribution in [2.45, 2.75) is 6.92 Å². The van der Waals surface area contributed by atoms with Crippen molar-refractivity contribution >= 4 is 16.9 Å². The molecule has 0 spiro atoms. The zero-order valence-corrected chi connectivity index (χ0v) is 9.60. The van der Waals surface area contributed by atoms with Crippen LogP contribution < -0.4 is 0 Å². The second kappa shape index (κ2) is 11.0. The Hall–Kier alpha value is -0.100. The quantitative estimate of drug-likeness (QED) is 0.543. The molecule has 0 unspecified atom stereocenters. The van der Waals surface area contributed by atoms with Gasteiger partial charge in [-0.1, -0.05) is 11.8 Å². The number of hydrogen-bond acceptors (Lipinski definition) is 5. The van der Waals surface area contributed by atoms with Gasteiger partial charge in [-0.2, -0.15) is 0 Å². The lowest BCUT2D eigenvalue weighted by molar-refractivity contribution is -0.109. The van der Waals surface area contributed by atoms with Crippen molar-refractivity contribution in [1.82, 2.24) is 0 Å². The van der Waals surface area contributed by atoms with Crippen LogP contribution >= 0.6 is 11.8 Å². The van der Waals surface area contributed by atoms with E-state index < -0.39 is 0 Å². The minimum atomic E-state index is 0.130. The third-order valence-corrected chi connectivity index (χ3v) is 2.11. The number of ether oxygens (including phenoxy) is 3. The molecule has 14 heavy (non-hydrogen) atoms. The molecule has 4 nitrogen and oxygen atoms in total. The normalized spacial score (nSPS) is 10.4. The van der Waals surface area contributed by atoms with Gasteiger partial charge in [-0.25, -0.2) is 0 Å². The van der Waals surface area contributed by atoms with Gasteiger partial charge in [0.15, 0.2) is 5.12 Å². The molecule has 0 saturated carbocycles. The number of carbonyl (C=O) groups is 1. The molecular weight excluding hydrogens is 204 g/mol. The van der Waals surface area contributed by atoms with E-state index in [0.29, 0.717) is 38.8 Å². The Morgan fingerprint density at radius 2 is 1.64 bits per heavy atom. The molecule has 0 rings (SSSR count). The molecule has 0 N–H and O–H groups in total. The van der Waals surface area contributed by atoms with Gasteiger partial charge in [0.1, 0.15) is 0 Å². The Balaban J connectivity index is 2.88. The van der Waals surface area contributed by atoms with Crippen molar-refractivity contribution in [2.24, 2.45) is 0 Å². The Morgan fingerprint density at radius 3 is 2.21 bits per heavy atom. The summed E-state index contributed by atoms with van der Waals surface area (Å²) in [7, 11) is 1.64. The number of thioether (sulfide) groups is 1. The highest BCUT2D eigenvalue weighted by Gasteiger charge is 1.94. The van der Waals surface area contributed by atoms with Crippen molar-refractivity contribution in [3.63, 3.8) is 0 Å². The first-order valence-electron chi connectivity index (χ1n) is 4.55. The summed E-state index contributed by atoms with van der Waals surface area (Å²) in [6, 6.07) is 0. The SMILES string of the molecule is COCCOCCOCCSC(C)=O. The molecule has 0 aromatic rings. The van der Waals surface area contributed by atoms with Crippen molar-refractivity contribution in [3.05, 3.63) is 0 Å². The van der Waals surface area contributed by atoms with E-state index in [4.69, 9.17) is 14.2 Å². The smallest absolute Gasteiger partial charge is 0.185 e. The van der Waals surface area contributed by atoms with Gasteiger partial charge in [0.05, 0.1) is 33.0 Å². The molecule has 84 valence electrons. The first kappa shape index (κ1) is 13.9. The van der Waals surface area contributed by atoms with E-state index in [-0.39, 0.29) is 5.12 Å². The van der Waals surface area contributed by atoms with Crippen LogP contribution in [0.15, 0.2) is 0 Å². The van der Waals surface area contributed by atoms with Crippen LogP contribution in [0.25, 0.3) is 0 Å². The topological polar surface area (TPSA) is 44.8 Å². The molecule has 0 saturated heterocycles. The predicted octanol–water partition coefficient (Wildman–Crippen LogP) is 0.946. The van der Waals surface area contributed by atoms with E-state index in [1.165, 1.54) is 11.8 Å². The van der Waals surface area contributed by atoms with E-state index in [0.717, 1.165) is 0 Å². The van der Waals surface area contributed by atoms with E-state index in [9.17, 15) is 4.79 Å². The van der Waals surface area contributed by atoms with Gasteiger partial charge in [-0.15, -0.1) is 0 Å². The Labute approximate surface area is 89.3 Å². The van der Waals surface area contributed by atoms with Crippen LogP contribution in [0.5, 0.6) is 0 Å². The maximum absolute atomic E-state index is 10.5. The summed E-state index contributed by atoms with van der Waals surface area (Å²) < 4.78 is 15.2. The largest absolute Gasteiger partial charge is 0.382 e. The summed E-state index contributed by atoms with van der Waals surface area (Å²) in [6.45, 7) is 4.51. The highest BCUT2D eigenvalue weighted by Crippen LogP contribution is 1.99. The monoisotopic (exact) mass is 222 g/mol. The molecule has 0 aromatic carbocycles. The molecule has 0 aromatic heterocycles. The highest BCUT2D eigenvalue weighted by molar-refractivity contribution is 8.13. The molecular formula is C9H18O4S. The van der Waals surface area contributed by atoms with Crippen molar-refractivity contribution < 1.29 is 19.0 Å². The third-order valence-electron chi connectivity index (χ3n) is 1.34. The molecule has 0 heterocycles. The molecule has 0 atom stereocenters. The fourth-order valence-electron chi connectivity index (χ4n) is 0.709. The minimum Gasteiger partial charge on any atom is -0.382 e. The lowest BCUT2D eigenvalue weighted by Crippen LogP contribution is -2.09. The van der Waals surface area contributed by atoms with Gasteiger partial charge in [-0.3, -0.25) is 4.79 Å². The Bertz CT molecular complexity index is 141. The zero-order valence-electron chi connectivity index (χ0n) is 8.78. The van der Waals surface area contributed by atoms with Crippen LogP contribution in [0.4, 0.5) is 0 Å². The second-order valence-electron chi connectivity index (χ2n) is 2.56. The molecule has 0 aliphatic carbocycles. The maximum Gasteiger partial charge on any atom is 0.185 e. The first-order chi connectivity index (χ1) is 6.77. The first-order valence-corrected chi connectivity index (χ1v) is 5.53. The predicted molar refractivity (Wildman–Crippen MR) is 56.7 cm³/mol. The molecule has 0 radical (unpaired) electrons. The second-order valence-corrected chi connectivity index (χ2v) is 3.83. The van der Waals surface area contributed by atoms with Gasteiger partial charge in [0.25, 0.3) is 0 Å². The average Bonchev–Trinajstić information content (AvgIpc) is 2.15. The van der Waals surface area contributed by atoms with Crippen LogP contribution in [0.1, 0.15) is 6.92 Å². The van der Waals surface area contributed by atoms with Crippen LogP contribution in [-0.2, 0) is 19.0 Å². The Morgan fingerprint density at radius 1 is 1.07 bits per heavy atom. The number of carbonyl (C=O) groups excluding carboxylic acids is 1. The summed E-state index contributed by atoms with van der Waals surface area (Å²) in [6.07, 6.45) is 0. The molecule has 0 fully saturated rings. The molecule has 5 heteroatoms. The number of hydrogen-bond donors (Lipinski definition) is 0.